The second kappa shape index (κ2) is 9.53. The van der Waals surface area contributed by atoms with Gasteiger partial charge in [-0.25, -0.2) is 18.0 Å². The quantitative estimate of drug-likeness (QED) is 0.592. The van der Waals surface area contributed by atoms with Crippen LogP contribution in [-0.2, 0) is 19.4 Å². The number of carbonyl (C=O) groups excluding carboxylic acids is 2. The number of urea groups is 1. The molecule has 0 radical (unpaired) electrons. The molecule has 0 saturated carbocycles. The van der Waals surface area contributed by atoms with Crippen LogP contribution >= 0.6 is 0 Å². The minimum absolute atomic E-state index is 0.0156. The maximum absolute atomic E-state index is 13.3. The second-order valence-electron chi connectivity index (χ2n) is 7.56. The molecule has 0 aliphatic carbocycles. The van der Waals surface area contributed by atoms with E-state index in [0.717, 1.165) is 5.56 Å². The molecule has 1 unspecified atom stereocenters. The van der Waals surface area contributed by atoms with Gasteiger partial charge in [0.05, 0.1) is 43.6 Å². The molecule has 10 heteroatoms. The van der Waals surface area contributed by atoms with Gasteiger partial charge in [-0.3, -0.25) is 0 Å². The fraction of sp³-hybridized carbons (Fsp3) is 0.304. The predicted octanol–water partition coefficient (Wildman–Crippen LogP) is 2.58. The van der Waals surface area contributed by atoms with Crippen LogP contribution in [0.1, 0.15) is 22.7 Å². The number of aryl methyl sites for hydroxylation is 2. The zero-order chi connectivity index (χ0) is 24.3. The number of rotatable bonds is 7. The summed E-state index contributed by atoms with van der Waals surface area (Å²) in [6, 6.07) is 8.37. The van der Waals surface area contributed by atoms with Gasteiger partial charge in [0.2, 0.25) is 0 Å². The Kier molecular flexibility index (Phi) is 6.97. The van der Waals surface area contributed by atoms with E-state index in [0.29, 0.717) is 22.6 Å². The van der Waals surface area contributed by atoms with Crippen LogP contribution in [0.25, 0.3) is 0 Å². The number of ether oxygens (including phenoxy) is 3. The highest BCUT2D eigenvalue weighted by Gasteiger charge is 2.36. The van der Waals surface area contributed by atoms with E-state index in [1.54, 1.807) is 44.2 Å². The van der Waals surface area contributed by atoms with Crippen molar-refractivity contribution in [2.75, 3.05) is 27.1 Å². The molecule has 1 aliphatic rings. The Morgan fingerprint density at radius 1 is 1.00 bits per heavy atom. The largest absolute Gasteiger partial charge is 0.493 e. The molecule has 0 saturated heterocycles. The minimum Gasteiger partial charge on any atom is -0.493 e. The van der Waals surface area contributed by atoms with Gasteiger partial charge in [-0.05, 0) is 48.7 Å². The van der Waals surface area contributed by atoms with Gasteiger partial charge in [-0.2, -0.15) is 0 Å². The lowest BCUT2D eigenvalue weighted by Gasteiger charge is -2.29. The molecule has 2 aromatic carbocycles. The molecule has 2 amide bonds. The van der Waals surface area contributed by atoms with Crippen molar-refractivity contribution < 1.29 is 32.2 Å². The van der Waals surface area contributed by atoms with Crippen molar-refractivity contribution in [3.05, 3.63) is 64.4 Å². The molecule has 1 heterocycles. The number of nitrogens with one attached hydrogen (secondary N) is 2. The topological polar surface area (TPSA) is 120 Å². The Bertz CT molecular complexity index is 1240. The molecule has 0 fully saturated rings. The van der Waals surface area contributed by atoms with Crippen LogP contribution in [0.5, 0.6) is 11.5 Å². The van der Waals surface area contributed by atoms with E-state index in [1.807, 2.05) is 6.07 Å². The van der Waals surface area contributed by atoms with Crippen LogP contribution in [-0.4, -0.2) is 47.5 Å². The number of hydrogen-bond acceptors (Lipinski definition) is 7. The number of esters is 1. The lowest BCUT2D eigenvalue weighted by Crippen LogP contribution is -2.47. The van der Waals surface area contributed by atoms with Gasteiger partial charge in [0.1, 0.15) is 0 Å². The first-order chi connectivity index (χ1) is 15.6. The summed E-state index contributed by atoms with van der Waals surface area (Å²) < 4.78 is 42.0. The maximum atomic E-state index is 13.3. The van der Waals surface area contributed by atoms with E-state index in [4.69, 9.17) is 14.2 Å². The summed E-state index contributed by atoms with van der Waals surface area (Å²) >= 11 is 0. The number of amides is 2. The van der Waals surface area contributed by atoms with Crippen molar-refractivity contribution in [3.63, 3.8) is 0 Å². The number of carbonyl (C=O) groups is 2. The summed E-state index contributed by atoms with van der Waals surface area (Å²) in [5.41, 5.74) is 1.77. The average molecular weight is 475 g/mol. The fourth-order valence-electron chi connectivity index (χ4n) is 3.68. The Morgan fingerprint density at radius 2 is 1.70 bits per heavy atom. The van der Waals surface area contributed by atoms with Gasteiger partial charge in [0.25, 0.3) is 0 Å². The van der Waals surface area contributed by atoms with E-state index in [2.05, 4.69) is 10.6 Å². The molecule has 0 aromatic heterocycles. The Hall–Kier alpha value is -3.53. The van der Waals surface area contributed by atoms with Gasteiger partial charge >= 0.3 is 12.0 Å². The van der Waals surface area contributed by atoms with E-state index < -0.39 is 33.6 Å². The number of sulfone groups is 1. The third kappa shape index (κ3) is 4.95. The number of hydrogen-bond donors (Lipinski definition) is 2. The Balaban J connectivity index is 2.14. The van der Waals surface area contributed by atoms with E-state index in [1.165, 1.54) is 21.3 Å². The van der Waals surface area contributed by atoms with Gasteiger partial charge in [0, 0.05) is 5.70 Å². The summed E-state index contributed by atoms with van der Waals surface area (Å²) in [5.74, 6) is -0.508. The molecule has 2 N–H and O–H groups in total. The van der Waals surface area contributed by atoms with Crippen LogP contribution < -0.4 is 20.1 Å². The highest BCUT2D eigenvalue weighted by atomic mass is 32.2. The molecule has 1 atom stereocenters. The number of benzene rings is 2. The summed E-state index contributed by atoms with van der Waals surface area (Å²) in [5, 5.41) is 5.15. The standard InChI is InChI=1S/C23H26N2O7S/c1-13-6-7-14(2)19(10-13)33(28,29)12-16-20(22(26)32-5)21(25-23(27)24-16)15-8-9-17(30-3)18(11-15)31-4/h6-11,21H,12H2,1-5H3,(H2,24,25,27). The normalized spacial score (nSPS) is 16.0. The number of methoxy groups -OCH3 is 3. The lowest BCUT2D eigenvalue weighted by molar-refractivity contribution is -0.136. The minimum atomic E-state index is -3.89. The van der Waals surface area contributed by atoms with Crippen molar-refractivity contribution in [1.82, 2.24) is 10.6 Å². The third-order valence-electron chi connectivity index (χ3n) is 5.31. The van der Waals surface area contributed by atoms with Crippen LogP contribution in [0.15, 0.2) is 52.6 Å². The monoisotopic (exact) mass is 474 g/mol. The molecule has 9 nitrogen and oxygen atoms in total. The zero-order valence-electron chi connectivity index (χ0n) is 19.0. The molecular weight excluding hydrogens is 448 g/mol. The lowest BCUT2D eigenvalue weighted by atomic mass is 9.95. The molecule has 2 aromatic rings. The van der Waals surface area contributed by atoms with Crippen molar-refractivity contribution in [3.8, 4) is 11.5 Å². The zero-order valence-corrected chi connectivity index (χ0v) is 19.8. The maximum Gasteiger partial charge on any atom is 0.338 e. The van der Waals surface area contributed by atoms with Crippen LogP contribution in [0.4, 0.5) is 4.79 Å². The smallest absolute Gasteiger partial charge is 0.338 e. The fourth-order valence-corrected chi connectivity index (χ4v) is 5.36. The van der Waals surface area contributed by atoms with Gasteiger partial charge in [0.15, 0.2) is 21.3 Å². The van der Waals surface area contributed by atoms with Crippen LogP contribution in [0.3, 0.4) is 0 Å². The summed E-state index contributed by atoms with van der Waals surface area (Å²) in [4.78, 5) is 25.4. The summed E-state index contributed by atoms with van der Waals surface area (Å²) in [7, 11) is 0.242. The highest BCUT2D eigenvalue weighted by molar-refractivity contribution is 7.91. The van der Waals surface area contributed by atoms with Crippen molar-refractivity contribution in [1.29, 1.82) is 0 Å². The summed E-state index contributed by atoms with van der Waals surface area (Å²) in [6.45, 7) is 3.48. The highest BCUT2D eigenvalue weighted by Crippen LogP contribution is 2.35. The van der Waals surface area contributed by atoms with E-state index >= 15 is 0 Å². The van der Waals surface area contributed by atoms with Gasteiger partial charge < -0.3 is 24.8 Å². The average Bonchev–Trinajstić information content (AvgIpc) is 2.78. The molecule has 3 rings (SSSR count). The second-order valence-corrected chi connectivity index (χ2v) is 9.52. The predicted molar refractivity (Wildman–Crippen MR) is 121 cm³/mol. The molecule has 1 aliphatic heterocycles. The van der Waals surface area contributed by atoms with Crippen molar-refractivity contribution in [2.24, 2.45) is 0 Å². The van der Waals surface area contributed by atoms with Gasteiger partial charge in [-0.1, -0.05) is 18.2 Å². The Morgan fingerprint density at radius 3 is 2.33 bits per heavy atom. The molecule has 0 bridgehead atoms. The SMILES string of the molecule is COC(=O)C1=C(CS(=O)(=O)c2cc(C)ccc2C)NC(=O)NC1c1ccc(OC)c(OC)c1. The summed E-state index contributed by atoms with van der Waals surface area (Å²) in [6.07, 6.45) is 0. The van der Waals surface area contributed by atoms with Crippen LogP contribution in [0, 0.1) is 13.8 Å². The van der Waals surface area contributed by atoms with E-state index in [9.17, 15) is 18.0 Å². The van der Waals surface area contributed by atoms with Crippen molar-refractivity contribution in [2.45, 2.75) is 24.8 Å². The molecule has 33 heavy (non-hydrogen) atoms. The molecular formula is C23H26N2O7S. The molecule has 0 spiro atoms. The molecule has 176 valence electrons. The first-order valence-electron chi connectivity index (χ1n) is 10.0. The third-order valence-corrected chi connectivity index (χ3v) is 7.09. The Labute approximate surface area is 192 Å². The first kappa shape index (κ1) is 24.1. The van der Waals surface area contributed by atoms with Gasteiger partial charge in [-0.15, -0.1) is 0 Å². The van der Waals surface area contributed by atoms with Crippen LogP contribution in [0.2, 0.25) is 0 Å². The first-order valence-corrected chi connectivity index (χ1v) is 11.7. The van der Waals surface area contributed by atoms with Crippen molar-refractivity contribution >= 4 is 21.8 Å². The van der Waals surface area contributed by atoms with E-state index in [-0.39, 0.29) is 16.2 Å².